The zero-order valence-corrected chi connectivity index (χ0v) is 15.6. The van der Waals surface area contributed by atoms with Gasteiger partial charge < -0.3 is 18.5 Å². The molecule has 0 spiro atoms. The smallest absolute Gasteiger partial charge is 0.333 e. The normalized spacial score (nSPS) is 11.0. The van der Waals surface area contributed by atoms with Crippen molar-refractivity contribution in [2.24, 2.45) is 0 Å². The van der Waals surface area contributed by atoms with Crippen LogP contribution >= 0.6 is 7.60 Å². The molecule has 0 amide bonds. The van der Waals surface area contributed by atoms with Crippen LogP contribution in [0, 0.1) is 0 Å². The predicted octanol–water partition coefficient (Wildman–Crippen LogP) is 3.25. The maximum absolute atomic E-state index is 12.3. The van der Waals surface area contributed by atoms with Crippen LogP contribution in [0.2, 0.25) is 0 Å². The molecule has 0 aliphatic heterocycles. The Bertz CT molecular complexity index is 459. The Labute approximate surface area is 143 Å². The number of rotatable bonds is 13. The molecule has 0 radical (unpaired) electrons. The van der Waals surface area contributed by atoms with Gasteiger partial charge in [-0.25, -0.2) is 9.59 Å². The molecule has 0 bridgehead atoms. The average Bonchev–Trinajstić information content (AvgIpc) is 2.53. The van der Waals surface area contributed by atoms with Crippen molar-refractivity contribution >= 4 is 19.5 Å². The first kappa shape index (κ1) is 22.6. The molecule has 0 saturated carbocycles. The van der Waals surface area contributed by atoms with Gasteiger partial charge in [0.1, 0.15) is 0 Å². The highest BCUT2D eigenvalue weighted by Crippen LogP contribution is 2.47. The monoisotopic (exact) mass is 362 g/mol. The van der Waals surface area contributed by atoms with E-state index in [1.807, 2.05) is 0 Å². The van der Waals surface area contributed by atoms with Gasteiger partial charge in [0.15, 0.2) is 0 Å². The zero-order valence-electron chi connectivity index (χ0n) is 14.7. The molecule has 0 aliphatic carbocycles. The minimum absolute atomic E-state index is 0.152. The van der Waals surface area contributed by atoms with Crippen LogP contribution in [0.3, 0.4) is 0 Å². The second kappa shape index (κ2) is 12.0. The summed E-state index contributed by atoms with van der Waals surface area (Å²) in [4.78, 5) is 22.3. The fourth-order valence-electron chi connectivity index (χ4n) is 1.32. The average molecular weight is 362 g/mol. The van der Waals surface area contributed by atoms with Crippen molar-refractivity contribution in [1.29, 1.82) is 0 Å². The summed E-state index contributed by atoms with van der Waals surface area (Å²) < 4.78 is 32.7. The molecular formula is C16H27O7P. The van der Waals surface area contributed by atoms with E-state index in [4.69, 9.17) is 18.5 Å². The van der Waals surface area contributed by atoms with Crippen LogP contribution in [0.4, 0.5) is 0 Å². The number of esters is 2. The molecule has 0 aromatic carbocycles. The Kier molecular flexibility index (Phi) is 11.3. The fourth-order valence-corrected chi connectivity index (χ4v) is 2.58. The molecule has 0 heterocycles. The molecule has 7 nitrogen and oxygen atoms in total. The molecule has 24 heavy (non-hydrogen) atoms. The third-order valence-corrected chi connectivity index (χ3v) is 4.63. The highest BCUT2D eigenvalue weighted by molar-refractivity contribution is 7.53. The lowest BCUT2D eigenvalue weighted by molar-refractivity contribution is -0.140. The van der Waals surface area contributed by atoms with Gasteiger partial charge >= 0.3 is 19.5 Å². The molecule has 8 heteroatoms. The van der Waals surface area contributed by atoms with Gasteiger partial charge in [0.05, 0.1) is 26.4 Å². The first-order chi connectivity index (χ1) is 11.2. The molecule has 0 atom stereocenters. The number of carbonyl (C=O) groups is 2. The lowest BCUT2D eigenvalue weighted by Crippen LogP contribution is -2.10. The summed E-state index contributed by atoms with van der Waals surface area (Å²) >= 11 is 0. The zero-order chi connectivity index (χ0) is 18.6. The van der Waals surface area contributed by atoms with Gasteiger partial charge in [-0.1, -0.05) is 20.1 Å². The van der Waals surface area contributed by atoms with Crippen molar-refractivity contribution in [2.75, 3.05) is 32.6 Å². The maximum atomic E-state index is 12.3. The topological polar surface area (TPSA) is 88.1 Å². The number of hydrogen-bond acceptors (Lipinski definition) is 7. The van der Waals surface area contributed by atoms with Crippen molar-refractivity contribution in [3.8, 4) is 0 Å². The van der Waals surface area contributed by atoms with Gasteiger partial charge in [0, 0.05) is 30.1 Å². The number of carbonyl (C=O) groups excluding carboxylic acids is 2. The van der Waals surface area contributed by atoms with Crippen LogP contribution in [0.5, 0.6) is 0 Å². The third-order valence-electron chi connectivity index (χ3n) is 2.70. The number of ether oxygens (including phenoxy) is 2. The Morgan fingerprint density at radius 1 is 0.833 bits per heavy atom. The summed E-state index contributed by atoms with van der Waals surface area (Å²) in [7, 11) is -3.18. The van der Waals surface area contributed by atoms with Crippen LogP contribution in [-0.4, -0.2) is 44.5 Å². The SMILES string of the molecule is C=C(C)C(=O)OCCCOP(=O)(CC)OCCCOC(=O)C(=C)C. The predicted molar refractivity (Wildman–Crippen MR) is 90.8 cm³/mol. The Morgan fingerprint density at radius 3 is 1.50 bits per heavy atom. The molecule has 138 valence electrons. The van der Waals surface area contributed by atoms with Crippen molar-refractivity contribution < 1.29 is 32.7 Å². The quantitative estimate of drug-likeness (QED) is 0.215. The molecule has 0 aromatic heterocycles. The van der Waals surface area contributed by atoms with E-state index < -0.39 is 19.5 Å². The molecule has 0 aliphatic rings. The Balaban J connectivity index is 3.90. The Hall–Kier alpha value is -1.43. The first-order valence-electron chi connectivity index (χ1n) is 7.75. The van der Waals surface area contributed by atoms with Crippen molar-refractivity contribution in [3.63, 3.8) is 0 Å². The van der Waals surface area contributed by atoms with Gasteiger partial charge in [-0.3, -0.25) is 4.57 Å². The van der Waals surface area contributed by atoms with E-state index in [1.54, 1.807) is 20.8 Å². The van der Waals surface area contributed by atoms with E-state index in [1.165, 1.54) is 0 Å². The van der Waals surface area contributed by atoms with E-state index >= 15 is 0 Å². The summed E-state index contributed by atoms with van der Waals surface area (Å²) in [6, 6.07) is 0. The lowest BCUT2D eigenvalue weighted by atomic mass is 10.4. The maximum Gasteiger partial charge on any atom is 0.333 e. The highest BCUT2D eigenvalue weighted by atomic mass is 31.2. The summed E-state index contributed by atoms with van der Waals surface area (Å²) in [5.41, 5.74) is 0.650. The fraction of sp³-hybridized carbons (Fsp3) is 0.625. The van der Waals surface area contributed by atoms with E-state index in [0.717, 1.165) is 0 Å². The third kappa shape index (κ3) is 10.4. The molecular weight excluding hydrogens is 335 g/mol. The summed E-state index contributed by atoms with van der Waals surface area (Å²) in [6.07, 6.45) is 1.04. The summed E-state index contributed by atoms with van der Waals surface area (Å²) in [5.74, 6) is -0.927. The molecule has 0 N–H and O–H groups in total. The molecule has 0 saturated heterocycles. The minimum Gasteiger partial charge on any atom is -0.462 e. The highest BCUT2D eigenvalue weighted by Gasteiger charge is 2.21. The van der Waals surface area contributed by atoms with Gasteiger partial charge in [-0.2, -0.15) is 0 Å². The summed E-state index contributed by atoms with van der Waals surface area (Å²) in [5, 5.41) is 0. The van der Waals surface area contributed by atoms with E-state index in [-0.39, 0.29) is 32.6 Å². The van der Waals surface area contributed by atoms with Gasteiger partial charge in [0.25, 0.3) is 0 Å². The van der Waals surface area contributed by atoms with Crippen LogP contribution < -0.4 is 0 Å². The second-order valence-electron chi connectivity index (χ2n) is 5.13. The lowest BCUT2D eigenvalue weighted by Gasteiger charge is -2.17. The second-order valence-corrected chi connectivity index (χ2v) is 7.50. The Morgan fingerprint density at radius 2 is 1.21 bits per heavy atom. The molecule has 0 fully saturated rings. The van der Waals surface area contributed by atoms with Crippen LogP contribution in [0.15, 0.2) is 24.3 Å². The van der Waals surface area contributed by atoms with Crippen molar-refractivity contribution in [2.45, 2.75) is 33.6 Å². The largest absolute Gasteiger partial charge is 0.462 e. The molecule has 0 aromatic rings. The van der Waals surface area contributed by atoms with Gasteiger partial charge in [-0.05, 0) is 13.8 Å². The van der Waals surface area contributed by atoms with E-state index in [2.05, 4.69) is 13.2 Å². The minimum atomic E-state index is -3.18. The van der Waals surface area contributed by atoms with Crippen molar-refractivity contribution in [1.82, 2.24) is 0 Å². The van der Waals surface area contributed by atoms with Crippen LogP contribution in [0.1, 0.15) is 33.6 Å². The van der Waals surface area contributed by atoms with E-state index in [9.17, 15) is 14.2 Å². The van der Waals surface area contributed by atoms with Crippen molar-refractivity contribution in [3.05, 3.63) is 24.3 Å². The van der Waals surface area contributed by atoms with Crippen LogP contribution in [0.25, 0.3) is 0 Å². The van der Waals surface area contributed by atoms with E-state index in [0.29, 0.717) is 24.0 Å². The van der Waals surface area contributed by atoms with Gasteiger partial charge in [-0.15, -0.1) is 0 Å². The van der Waals surface area contributed by atoms with Crippen LogP contribution in [-0.2, 0) is 32.7 Å². The standard InChI is InChI=1S/C16H27O7P/c1-6-24(19,22-11-7-9-20-15(17)13(2)3)23-12-8-10-21-16(18)14(4)5/h2,4,6-12H2,1,3,5H3. The first-order valence-corrected chi connectivity index (χ1v) is 9.48. The molecule has 0 unspecified atom stereocenters. The summed E-state index contributed by atoms with van der Waals surface area (Å²) in [6.45, 7) is 12.4. The molecule has 0 rings (SSSR count). The van der Waals surface area contributed by atoms with Gasteiger partial charge in [0.2, 0.25) is 0 Å². The number of hydrogen-bond donors (Lipinski definition) is 0.